The molecule has 5 nitrogen and oxygen atoms in total. The van der Waals surface area contributed by atoms with Crippen LogP contribution in [0.3, 0.4) is 0 Å². The largest absolute Gasteiger partial charge is 0.386 e. The summed E-state index contributed by atoms with van der Waals surface area (Å²) in [5, 5.41) is 13.5. The third-order valence-electron chi connectivity index (χ3n) is 3.57. The minimum absolute atomic E-state index is 0.429. The van der Waals surface area contributed by atoms with Gasteiger partial charge >= 0.3 is 0 Å². The van der Waals surface area contributed by atoms with Gasteiger partial charge in [0.15, 0.2) is 4.96 Å². The maximum absolute atomic E-state index is 10.2. The molecule has 1 atom stereocenters. The number of aromatic nitrogens is 2. The number of nitrogens with one attached hydrogen (secondary N) is 1. The highest BCUT2D eigenvalue weighted by atomic mass is 32.1. The number of rotatable bonds is 4. The summed E-state index contributed by atoms with van der Waals surface area (Å²) in [6.07, 6.45) is 2.82. The van der Waals surface area contributed by atoms with Crippen molar-refractivity contribution in [3.8, 4) is 0 Å². The monoisotopic (exact) mass is 281 g/mol. The molecule has 19 heavy (non-hydrogen) atoms. The Hall–Kier alpha value is -0.950. The summed E-state index contributed by atoms with van der Waals surface area (Å²) in [6.45, 7) is 6.47. The highest BCUT2D eigenvalue weighted by Crippen LogP contribution is 2.21. The summed E-state index contributed by atoms with van der Waals surface area (Å²) in [4.78, 5) is 6.85. The molecule has 104 valence electrons. The highest BCUT2D eigenvalue weighted by Gasteiger charge is 2.31. The van der Waals surface area contributed by atoms with E-state index in [-0.39, 0.29) is 0 Å². The Bertz CT molecular complexity index is 584. The molecular formula is C13H19N3O2S. The van der Waals surface area contributed by atoms with Gasteiger partial charge in [0.2, 0.25) is 0 Å². The Morgan fingerprint density at radius 2 is 2.42 bits per heavy atom. The van der Waals surface area contributed by atoms with Gasteiger partial charge in [0.05, 0.1) is 18.0 Å². The average molecular weight is 281 g/mol. The number of nitrogens with zero attached hydrogens (tertiary/aromatic N) is 2. The van der Waals surface area contributed by atoms with Crippen LogP contribution in [0.25, 0.3) is 4.96 Å². The van der Waals surface area contributed by atoms with Crippen molar-refractivity contribution < 1.29 is 9.84 Å². The zero-order valence-corrected chi connectivity index (χ0v) is 12.1. The van der Waals surface area contributed by atoms with Crippen LogP contribution < -0.4 is 5.32 Å². The van der Waals surface area contributed by atoms with Crippen molar-refractivity contribution in [1.82, 2.24) is 14.7 Å². The molecule has 1 saturated heterocycles. The standard InChI is InChI=1S/C13H19N3O2S/c1-9-6-16-11(10(2)15-12(16)19-9)5-14-7-13(17)3-4-18-8-13/h6,14,17H,3-5,7-8H2,1-2H3. The van der Waals surface area contributed by atoms with Crippen molar-refractivity contribution in [3.63, 3.8) is 0 Å². The van der Waals surface area contributed by atoms with Crippen molar-refractivity contribution in [1.29, 1.82) is 0 Å². The van der Waals surface area contributed by atoms with Crippen molar-refractivity contribution in [2.45, 2.75) is 32.4 Å². The Balaban J connectivity index is 1.69. The van der Waals surface area contributed by atoms with Crippen molar-refractivity contribution in [2.24, 2.45) is 0 Å². The zero-order chi connectivity index (χ0) is 13.5. The van der Waals surface area contributed by atoms with E-state index in [4.69, 9.17) is 4.74 Å². The van der Waals surface area contributed by atoms with Crippen molar-refractivity contribution in [2.75, 3.05) is 19.8 Å². The molecule has 1 unspecified atom stereocenters. The molecule has 3 rings (SSSR count). The molecule has 0 radical (unpaired) electrons. The summed E-state index contributed by atoms with van der Waals surface area (Å²) in [6, 6.07) is 0. The van der Waals surface area contributed by atoms with Gasteiger partial charge in [-0.15, -0.1) is 11.3 Å². The molecule has 2 aromatic rings. The fourth-order valence-corrected chi connectivity index (χ4v) is 3.36. The molecule has 6 heteroatoms. The minimum Gasteiger partial charge on any atom is -0.386 e. The van der Waals surface area contributed by atoms with E-state index in [1.165, 1.54) is 10.6 Å². The minimum atomic E-state index is -0.706. The Labute approximate surface area is 116 Å². The Kier molecular flexibility index (Phi) is 3.34. The number of aryl methyl sites for hydroxylation is 2. The molecule has 1 aliphatic rings. The lowest BCUT2D eigenvalue weighted by molar-refractivity contribution is 0.0268. The smallest absolute Gasteiger partial charge is 0.194 e. The maximum Gasteiger partial charge on any atom is 0.194 e. The van der Waals surface area contributed by atoms with Crippen LogP contribution in [0.2, 0.25) is 0 Å². The highest BCUT2D eigenvalue weighted by molar-refractivity contribution is 7.17. The second-order valence-electron chi connectivity index (χ2n) is 5.27. The summed E-state index contributed by atoms with van der Waals surface area (Å²) in [5.41, 5.74) is 1.51. The molecule has 0 amide bonds. The van der Waals surface area contributed by atoms with Crippen molar-refractivity contribution >= 4 is 16.3 Å². The van der Waals surface area contributed by atoms with Gasteiger partial charge in [0.25, 0.3) is 0 Å². The number of hydrogen-bond donors (Lipinski definition) is 2. The molecular weight excluding hydrogens is 262 g/mol. The van der Waals surface area contributed by atoms with Crippen molar-refractivity contribution in [3.05, 3.63) is 22.5 Å². The summed E-state index contributed by atoms with van der Waals surface area (Å²) >= 11 is 1.70. The van der Waals surface area contributed by atoms with Crippen LogP contribution in [0.4, 0.5) is 0 Å². The topological polar surface area (TPSA) is 58.8 Å². The van der Waals surface area contributed by atoms with E-state index in [0.717, 1.165) is 10.7 Å². The summed E-state index contributed by atoms with van der Waals surface area (Å²) in [7, 11) is 0. The molecule has 2 N–H and O–H groups in total. The lowest BCUT2D eigenvalue weighted by Gasteiger charge is -2.20. The summed E-state index contributed by atoms with van der Waals surface area (Å²) in [5.74, 6) is 0. The molecule has 2 aromatic heterocycles. The normalized spacial score (nSPS) is 23.5. The van der Waals surface area contributed by atoms with Crippen LogP contribution in [0.5, 0.6) is 0 Å². The number of hydrogen-bond acceptors (Lipinski definition) is 5. The van der Waals surface area contributed by atoms with Gasteiger partial charge in [0, 0.05) is 37.2 Å². The number of fused-ring (bicyclic) bond motifs is 1. The van der Waals surface area contributed by atoms with Crippen LogP contribution in [-0.2, 0) is 11.3 Å². The first-order chi connectivity index (χ1) is 9.07. The molecule has 0 saturated carbocycles. The average Bonchev–Trinajstić information content (AvgIpc) is 2.98. The second kappa shape index (κ2) is 4.86. The number of thiazole rings is 1. The fourth-order valence-electron chi connectivity index (χ4n) is 2.47. The van der Waals surface area contributed by atoms with Gasteiger partial charge in [-0.25, -0.2) is 4.98 Å². The Morgan fingerprint density at radius 3 is 3.16 bits per heavy atom. The predicted octanol–water partition coefficient (Wildman–Crippen LogP) is 1.25. The number of imidazole rings is 1. The molecule has 0 aliphatic carbocycles. The predicted molar refractivity (Wildman–Crippen MR) is 74.6 cm³/mol. The Morgan fingerprint density at radius 1 is 1.58 bits per heavy atom. The molecule has 0 bridgehead atoms. The SMILES string of the molecule is Cc1cn2c(CNCC3(O)CCOC3)c(C)nc2s1. The van der Waals surface area contributed by atoms with Gasteiger partial charge in [0.1, 0.15) is 5.60 Å². The van der Waals surface area contributed by atoms with E-state index < -0.39 is 5.60 Å². The van der Waals surface area contributed by atoms with E-state index in [1.807, 2.05) is 6.92 Å². The van der Waals surface area contributed by atoms with Gasteiger partial charge in [-0.1, -0.05) is 0 Å². The van der Waals surface area contributed by atoms with Gasteiger partial charge < -0.3 is 15.2 Å². The second-order valence-corrected chi connectivity index (χ2v) is 6.48. The lowest BCUT2D eigenvalue weighted by atomic mass is 10.0. The van der Waals surface area contributed by atoms with Crippen LogP contribution in [0, 0.1) is 13.8 Å². The van der Waals surface area contributed by atoms with Gasteiger partial charge in [-0.05, 0) is 13.8 Å². The molecule has 1 fully saturated rings. The molecule has 0 aromatic carbocycles. The van der Waals surface area contributed by atoms with E-state index in [2.05, 4.69) is 27.8 Å². The van der Waals surface area contributed by atoms with Gasteiger partial charge in [-0.2, -0.15) is 0 Å². The third-order valence-corrected chi connectivity index (χ3v) is 4.47. The number of ether oxygens (including phenoxy) is 1. The molecule has 3 heterocycles. The number of aliphatic hydroxyl groups is 1. The fraction of sp³-hybridized carbons (Fsp3) is 0.615. The van der Waals surface area contributed by atoms with Crippen LogP contribution in [-0.4, -0.2) is 39.9 Å². The van der Waals surface area contributed by atoms with E-state index in [0.29, 0.717) is 32.7 Å². The van der Waals surface area contributed by atoms with Gasteiger partial charge in [-0.3, -0.25) is 4.40 Å². The first-order valence-electron chi connectivity index (χ1n) is 6.52. The van der Waals surface area contributed by atoms with Crippen LogP contribution in [0.1, 0.15) is 22.7 Å². The third kappa shape index (κ3) is 2.53. The first kappa shape index (κ1) is 13.1. The van der Waals surface area contributed by atoms with E-state index in [9.17, 15) is 5.11 Å². The maximum atomic E-state index is 10.2. The van der Waals surface area contributed by atoms with E-state index in [1.54, 1.807) is 11.3 Å². The lowest BCUT2D eigenvalue weighted by Crippen LogP contribution is -2.40. The molecule has 1 aliphatic heterocycles. The van der Waals surface area contributed by atoms with E-state index >= 15 is 0 Å². The van der Waals surface area contributed by atoms with Crippen LogP contribution >= 0.6 is 11.3 Å². The zero-order valence-electron chi connectivity index (χ0n) is 11.3. The van der Waals surface area contributed by atoms with Crippen LogP contribution in [0.15, 0.2) is 6.20 Å². The quantitative estimate of drug-likeness (QED) is 0.885. The first-order valence-corrected chi connectivity index (χ1v) is 7.34. The summed E-state index contributed by atoms with van der Waals surface area (Å²) < 4.78 is 7.38. The molecule has 0 spiro atoms.